The highest BCUT2D eigenvalue weighted by molar-refractivity contribution is 5.85. The summed E-state index contributed by atoms with van der Waals surface area (Å²) in [6.45, 7) is 8.33. The number of piperazine rings is 1. The van der Waals surface area contributed by atoms with Crippen molar-refractivity contribution in [1.29, 1.82) is 5.26 Å². The van der Waals surface area contributed by atoms with Gasteiger partial charge in [-0.15, -0.1) is 0 Å². The van der Waals surface area contributed by atoms with Crippen LogP contribution >= 0.6 is 0 Å². The number of hydrogen-bond donors (Lipinski definition) is 0. The van der Waals surface area contributed by atoms with Crippen LogP contribution in [0.1, 0.15) is 17.5 Å². The number of nitrogens with zero attached hydrogens (tertiary/aromatic N) is 7. The Morgan fingerprint density at radius 2 is 1.77 bits per heavy atom. The number of benzene rings is 1. The Hall–Kier alpha value is -4.17. The van der Waals surface area contributed by atoms with E-state index in [1.807, 2.05) is 30.6 Å². The molecule has 226 valence electrons. The van der Waals surface area contributed by atoms with E-state index in [9.17, 15) is 5.26 Å². The minimum absolute atomic E-state index is 0.532. The Bertz CT molecular complexity index is 1660. The number of aromatic nitrogens is 3. The molecule has 2 bridgehead atoms. The van der Waals surface area contributed by atoms with E-state index in [1.165, 1.54) is 12.0 Å². The van der Waals surface area contributed by atoms with Gasteiger partial charge in [-0.2, -0.15) is 10.4 Å². The summed E-state index contributed by atoms with van der Waals surface area (Å²) >= 11 is 0. The van der Waals surface area contributed by atoms with Gasteiger partial charge < -0.3 is 19.1 Å². The molecule has 3 aromatic heterocycles. The molecule has 0 N–H and O–H groups in total. The quantitative estimate of drug-likeness (QED) is 0.289. The number of pyridine rings is 2. The van der Waals surface area contributed by atoms with Crippen LogP contribution in [0.2, 0.25) is 0 Å². The summed E-state index contributed by atoms with van der Waals surface area (Å²) in [5.41, 5.74) is 4.47. The number of anilines is 1. The van der Waals surface area contributed by atoms with E-state index < -0.39 is 0 Å². The molecule has 5 aliphatic rings. The first-order chi connectivity index (χ1) is 21.6. The van der Waals surface area contributed by atoms with Gasteiger partial charge in [0.15, 0.2) is 0 Å². The average molecular weight is 592 g/mol. The lowest BCUT2D eigenvalue weighted by molar-refractivity contribution is -0.00868. The molecule has 8 heterocycles. The first-order valence-electron chi connectivity index (χ1n) is 15.6. The minimum Gasteiger partial charge on any atom is -0.497 e. The summed E-state index contributed by atoms with van der Waals surface area (Å²) < 4.78 is 18.9. The van der Waals surface area contributed by atoms with Crippen LogP contribution in [0.25, 0.3) is 16.6 Å². The van der Waals surface area contributed by atoms with Gasteiger partial charge in [0, 0.05) is 80.5 Å². The van der Waals surface area contributed by atoms with Gasteiger partial charge in [0.05, 0.1) is 43.8 Å². The van der Waals surface area contributed by atoms with Gasteiger partial charge in [-0.05, 0) is 42.3 Å². The van der Waals surface area contributed by atoms with E-state index in [0.29, 0.717) is 36.1 Å². The minimum atomic E-state index is 0.532. The molecule has 5 fully saturated rings. The molecule has 0 radical (unpaired) electrons. The van der Waals surface area contributed by atoms with Crippen molar-refractivity contribution < 1.29 is 14.2 Å². The van der Waals surface area contributed by atoms with Crippen molar-refractivity contribution in [3.05, 3.63) is 72.2 Å². The Kier molecular flexibility index (Phi) is 7.09. The fourth-order valence-electron chi connectivity index (χ4n) is 7.54. The molecule has 9 rings (SSSR count). The summed E-state index contributed by atoms with van der Waals surface area (Å²) in [7, 11) is 1.70. The number of piperidine rings is 1. The lowest BCUT2D eigenvalue weighted by Gasteiger charge is -2.56. The highest BCUT2D eigenvalue weighted by atomic mass is 16.5. The van der Waals surface area contributed by atoms with Crippen LogP contribution in [0.15, 0.2) is 61.1 Å². The van der Waals surface area contributed by atoms with Crippen molar-refractivity contribution in [3.8, 4) is 28.7 Å². The molecule has 0 spiro atoms. The maximum absolute atomic E-state index is 9.80. The van der Waals surface area contributed by atoms with Crippen LogP contribution in [0.5, 0.6) is 11.5 Å². The van der Waals surface area contributed by atoms with Gasteiger partial charge in [0.1, 0.15) is 30.0 Å². The smallest absolute Gasteiger partial charge is 0.138 e. The van der Waals surface area contributed by atoms with Crippen molar-refractivity contribution in [2.45, 2.75) is 25.0 Å². The Morgan fingerprint density at radius 1 is 0.977 bits per heavy atom. The zero-order valence-corrected chi connectivity index (χ0v) is 25.0. The number of rotatable bonds is 9. The molecule has 0 aliphatic carbocycles. The second-order valence-corrected chi connectivity index (χ2v) is 12.6. The van der Waals surface area contributed by atoms with Crippen molar-refractivity contribution in [3.63, 3.8) is 0 Å². The van der Waals surface area contributed by atoms with Gasteiger partial charge in [0.25, 0.3) is 0 Å². The predicted molar refractivity (Wildman–Crippen MR) is 166 cm³/mol. The second-order valence-electron chi connectivity index (χ2n) is 12.6. The van der Waals surface area contributed by atoms with Gasteiger partial charge >= 0.3 is 0 Å². The van der Waals surface area contributed by atoms with E-state index in [-0.39, 0.29) is 0 Å². The molecule has 44 heavy (non-hydrogen) atoms. The zero-order chi connectivity index (χ0) is 29.6. The van der Waals surface area contributed by atoms with Crippen molar-refractivity contribution in [2.75, 3.05) is 64.6 Å². The summed E-state index contributed by atoms with van der Waals surface area (Å²) in [6.07, 6.45) is 6.64. The number of nitriles is 1. The topological polar surface area (TPSA) is 91.4 Å². The summed E-state index contributed by atoms with van der Waals surface area (Å²) in [5, 5.41) is 14.3. The third-order valence-corrected chi connectivity index (χ3v) is 9.95. The summed E-state index contributed by atoms with van der Waals surface area (Å²) in [5.74, 6) is 3.95. The maximum Gasteiger partial charge on any atom is 0.138 e. The van der Waals surface area contributed by atoms with Gasteiger partial charge in [-0.3, -0.25) is 9.80 Å². The first-order valence-corrected chi connectivity index (χ1v) is 15.6. The first kappa shape index (κ1) is 27.4. The Balaban J connectivity index is 0.950. The normalized spacial score (nSPS) is 24.7. The van der Waals surface area contributed by atoms with E-state index in [2.05, 4.69) is 50.1 Å². The molecular formula is C34H37N7O3. The zero-order valence-electron chi connectivity index (χ0n) is 25.0. The fraction of sp³-hybridized carbons (Fsp3) is 0.441. The molecule has 5 saturated heterocycles. The molecule has 10 nitrogen and oxygen atoms in total. The molecule has 5 aliphatic heterocycles. The van der Waals surface area contributed by atoms with Crippen molar-refractivity contribution in [2.24, 2.45) is 11.8 Å². The SMILES string of the molecule is COc1ccc(CN2C3CC2CN(c2ccc(-c4cc(OCCN5CC6COCC6C5)cn5ncc(C#N)c45)cn2)C3)cc1. The highest BCUT2D eigenvalue weighted by Crippen LogP contribution is 2.37. The second kappa shape index (κ2) is 11.4. The van der Waals surface area contributed by atoms with Gasteiger partial charge in [-0.25, -0.2) is 9.50 Å². The van der Waals surface area contributed by atoms with Crippen LogP contribution in [0, 0.1) is 23.2 Å². The molecule has 4 aromatic rings. The van der Waals surface area contributed by atoms with Gasteiger partial charge in [-0.1, -0.05) is 12.1 Å². The lowest BCUT2D eigenvalue weighted by atomic mass is 9.86. The van der Waals surface area contributed by atoms with E-state index in [4.69, 9.17) is 19.2 Å². The fourth-order valence-corrected chi connectivity index (χ4v) is 7.54. The standard InChI is InChI=1S/C34H37N7O3/c1-42-30-5-2-23(3-6-30)15-40-28-10-29(40)19-39(18-28)33-7-4-24(13-36-33)32-11-31(20-41-34(32)25(12-35)14-37-41)44-9-8-38-16-26-21-43-22-27(26)17-38/h2-7,11,13-14,20,26-29H,8-10,15-19,21-22H2,1H3. The highest BCUT2D eigenvalue weighted by Gasteiger charge is 2.44. The molecular weight excluding hydrogens is 554 g/mol. The Morgan fingerprint density at radius 3 is 2.48 bits per heavy atom. The van der Waals surface area contributed by atoms with Gasteiger partial charge in [0.2, 0.25) is 0 Å². The van der Waals surface area contributed by atoms with Crippen LogP contribution in [-0.4, -0.2) is 96.1 Å². The summed E-state index contributed by atoms with van der Waals surface area (Å²) in [4.78, 5) is 12.4. The Labute approximate surface area is 257 Å². The molecule has 4 unspecified atom stereocenters. The third kappa shape index (κ3) is 5.05. The maximum atomic E-state index is 9.80. The number of hydrogen-bond acceptors (Lipinski definition) is 9. The van der Waals surface area contributed by atoms with E-state index in [0.717, 1.165) is 86.4 Å². The van der Waals surface area contributed by atoms with Crippen LogP contribution in [0.3, 0.4) is 0 Å². The van der Waals surface area contributed by atoms with Crippen LogP contribution < -0.4 is 14.4 Å². The monoisotopic (exact) mass is 591 g/mol. The predicted octanol–water partition coefficient (Wildman–Crippen LogP) is 3.70. The third-order valence-electron chi connectivity index (χ3n) is 9.95. The largest absolute Gasteiger partial charge is 0.497 e. The summed E-state index contributed by atoms with van der Waals surface area (Å²) in [6, 6.07) is 18.0. The van der Waals surface area contributed by atoms with Crippen LogP contribution in [-0.2, 0) is 11.3 Å². The van der Waals surface area contributed by atoms with Crippen molar-refractivity contribution in [1.82, 2.24) is 24.4 Å². The van der Waals surface area contributed by atoms with Crippen LogP contribution in [0.4, 0.5) is 5.82 Å². The molecule has 10 heteroatoms. The number of likely N-dealkylation sites (tertiary alicyclic amines) is 1. The molecule has 4 atom stereocenters. The number of ether oxygens (including phenoxy) is 3. The number of methoxy groups -OCH3 is 1. The molecule has 0 saturated carbocycles. The average Bonchev–Trinajstić information content (AvgIpc) is 3.79. The molecule has 0 amide bonds. The molecule has 1 aromatic carbocycles. The lowest BCUT2D eigenvalue weighted by Crippen LogP contribution is -2.68. The van der Waals surface area contributed by atoms with E-state index >= 15 is 0 Å². The number of fused-ring (bicyclic) bond motifs is 4. The van der Waals surface area contributed by atoms with E-state index in [1.54, 1.807) is 17.8 Å². The van der Waals surface area contributed by atoms with Crippen molar-refractivity contribution >= 4 is 11.3 Å².